The van der Waals surface area contributed by atoms with Crippen LogP contribution in [0.1, 0.15) is 27.2 Å². The second kappa shape index (κ2) is 2.94. The minimum absolute atomic E-state index is 0.125. The van der Waals surface area contributed by atoms with Crippen LogP contribution < -0.4 is 16.4 Å². The maximum atomic E-state index is 11.2. The second-order valence-electron chi connectivity index (χ2n) is 4.35. The van der Waals surface area contributed by atoms with Crippen molar-refractivity contribution in [1.29, 1.82) is 0 Å². The summed E-state index contributed by atoms with van der Waals surface area (Å²) in [5.74, 6) is 0. The van der Waals surface area contributed by atoms with Crippen LogP contribution in [-0.2, 0) is 0 Å². The van der Waals surface area contributed by atoms with Gasteiger partial charge in [0.1, 0.15) is 0 Å². The zero-order valence-corrected chi connectivity index (χ0v) is 7.85. The number of nitrogens with two attached hydrogens (primary N) is 1. The van der Waals surface area contributed by atoms with Crippen molar-refractivity contribution in [3.63, 3.8) is 0 Å². The van der Waals surface area contributed by atoms with E-state index in [0.717, 1.165) is 6.42 Å². The number of carbonyl (C=O) groups excluding carboxylic acids is 1. The van der Waals surface area contributed by atoms with Crippen LogP contribution in [0, 0.1) is 0 Å². The number of hydrogen-bond acceptors (Lipinski definition) is 2. The number of rotatable bonds is 1. The van der Waals surface area contributed by atoms with Gasteiger partial charge in [-0.25, -0.2) is 4.79 Å². The monoisotopic (exact) mass is 171 g/mol. The standard InChI is InChI=1S/C8H17N3O/c1-8(2,3)11-7(12)10-6-4-5(6)9/h5-6H,4,9H2,1-3H3,(H2,10,11,12). The predicted molar refractivity (Wildman–Crippen MR) is 47.8 cm³/mol. The van der Waals surface area contributed by atoms with Crippen LogP contribution in [0.3, 0.4) is 0 Å². The lowest BCUT2D eigenvalue weighted by Gasteiger charge is -2.20. The molecule has 2 unspecified atom stereocenters. The SMILES string of the molecule is CC(C)(C)NC(=O)NC1CC1N. The van der Waals surface area contributed by atoms with Gasteiger partial charge < -0.3 is 16.4 Å². The van der Waals surface area contributed by atoms with Crippen molar-refractivity contribution >= 4 is 6.03 Å². The summed E-state index contributed by atoms with van der Waals surface area (Å²) in [6.07, 6.45) is 0.900. The first-order valence-corrected chi connectivity index (χ1v) is 4.23. The molecule has 2 atom stereocenters. The van der Waals surface area contributed by atoms with Crippen LogP contribution in [0.2, 0.25) is 0 Å². The molecule has 1 aliphatic rings. The number of urea groups is 1. The summed E-state index contributed by atoms with van der Waals surface area (Å²) in [7, 11) is 0. The summed E-state index contributed by atoms with van der Waals surface area (Å²) < 4.78 is 0. The predicted octanol–water partition coefficient (Wildman–Crippen LogP) is 0.184. The lowest BCUT2D eigenvalue weighted by molar-refractivity contribution is 0.231. The highest BCUT2D eigenvalue weighted by atomic mass is 16.2. The highest BCUT2D eigenvalue weighted by molar-refractivity contribution is 5.75. The van der Waals surface area contributed by atoms with Crippen molar-refractivity contribution in [1.82, 2.24) is 10.6 Å². The number of amides is 2. The van der Waals surface area contributed by atoms with Gasteiger partial charge in [0.05, 0.1) is 0 Å². The highest BCUT2D eigenvalue weighted by Gasteiger charge is 2.35. The van der Waals surface area contributed by atoms with Crippen molar-refractivity contribution in [2.24, 2.45) is 5.73 Å². The van der Waals surface area contributed by atoms with Crippen molar-refractivity contribution in [2.75, 3.05) is 0 Å². The third-order valence-corrected chi connectivity index (χ3v) is 1.64. The third-order valence-electron chi connectivity index (χ3n) is 1.64. The molecule has 0 aromatic rings. The molecule has 1 fully saturated rings. The Morgan fingerprint density at radius 2 is 2.00 bits per heavy atom. The Morgan fingerprint density at radius 3 is 2.33 bits per heavy atom. The molecule has 4 nitrogen and oxygen atoms in total. The van der Waals surface area contributed by atoms with Gasteiger partial charge in [-0.3, -0.25) is 0 Å². The molecule has 0 heterocycles. The molecule has 1 saturated carbocycles. The molecular weight excluding hydrogens is 154 g/mol. The highest BCUT2D eigenvalue weighted by Crippen LogP contribution is 2.17. The van der Waals surface area contributed by atoms with Crippen LogP contribution in [0.25, 0.3) is 0 Å². The molecule has 70 valence electrons. The molecule has 0 aromatic heterocycles. The number of hydrogen-bond donors (Lipinski definition) is 3. The fourth-order valence-electron chi connectivity index (χ4n) is 0.926. The van der Waals surface area contributed by atoms with E-state index >= 15 is 0 Å². The van der Waals surface area contributed by atoms with E-state index in [9.17, 15) is 4.79 Å². The fraction of sp³-hybridized carbons (Fsp3) is 0.875. The van der Waals surface area contributed by atoms with Gasteiger partial charge in [-0.15, -0.1) is 0 Å². The van der Waals surface area contributed by atoms with Crippen molar-refractivity contribution < 1.29 is 4.79 Å². The molecule has 4 heteroatoms. The Labute approximate surface area is 72.9 Å². The molecule has 1 rings (SSSR count). The molecule has 12 heavy (non-hydrogen) atoms. The van der Waals surface area contributed by atoms with E-state index in [2.05, 4.69) is 10.6 Å². The molecule has 0 bridgehead atoms. The first kappa shape index (κ1) is 9.32. The van der Waals surface area contributed by atoms with E-state index in [1.54, 1.807) is 0 Å². The van der Waals surface area contributed by atoms with Gasteiger partial charge in [-0.05, 0) is 27.2 Å². The molecule has 0 aliphatic heterocycles. The molecule has 1 aliphatic carbocycles. The third kappa shape index (κ3) is 3.09. The van der Waals surface area contributed by atoms with Gasteiger partial charge in [-0.1, -0.05) is 0 Å². The lowest BCUT2D eigenvalue weighted by atomic mass is 10.1. The van der Waals surface area contributed by atoms with Gasteiger partial charge in [0.2, 0.25) is 0 Å². The molecular formula is C8H17N3O. The summed E-state index contributed by atoms with van der Waals surface area (Å²) >= 11 is 0. The van der Waals surface area contributed by atoms with E-state index in [1.807, 2.05) is 20.8 Å². The first-order chi connectivity index (χ1) is 5.38. The minimum Gasteiger partial charge on any atom is -0.334 e. The van der Waals surface area contributed by atoms with Crippen molar-refractivity contribution in [2.45, 2.75) is 44.8 Å². The van der Waals surface area contributed by atoms with Crippen LogP contribution in [0.5, 0.6) is 0 Å². The molecule has 2 amide bonds. The van der Waals surface area contributed by atoms with E-state index in [4.69, 9.17) is 5.73 Å². The van der Waals surface area contributed by atoms with E-state index in [-0.39, 0.29) is 23.7 Å². The smallest absolute Gasteiger partial charge is 0.315 e. The quantitative estimate of drug-likeness (QED) is 0.527. The van der Waals surface area contributed by atoms with E-state index in [1.165, 1.54) is 0 Å². The maximum absolute atomic E-state index is 11.2. The largest absolute Gasteiger partial charge is 0.334 e. The van der Waals surface area contributed by atoms with Crippen molar-refractivity contribution in [3.8, 4) is 0 Å². The molecule has 0 aromatic carbocycles. The Kier molecular flexibility index (Phi) is 2.28. The molecule has 0 radical (unpaired) electrons. The van der Waals surface area contributed by atoms with Crippen LogP contribution >= 0.6 is 0 Å². The number of carbonyl (C=O) groups is 1. The van der Waals surface area contributed by atoms with Gasteiger partial charge in [0, 0.05) is 17.6 Å². The lowest BCUT2D eigenvalue weighted by Crippen LogP contribution is -2.47. The Bertz CT molecular complexity index is 185. The summed E-state index contributed by atoms with van der Waals surface area (Å²) in [5, 5.41) is 5.59. The van der Waals surface area contributed by atoms with Crippen LogP contribution in [-0.4, -0.2) is 23.7 Å². The molecule has 0 saturated heterocycles. The second-order valence-corrected chi connectivity index (χ2v) is 4.35. The molecule has 4 N–H and O–H groups in total. The average molecular weight is 171 g/mol. The Hall–Kier alpha value is -0.770. The maximum Gasteiger partial charge on any atom is 0.315 e. The van der Waals surface area contributed by atoms with Gasteiger partial charge >= 0.3 is 6.03 Å². The van der Waals surface area contributed by atoms with Crippen LogP contribution in [0.15, 0.2) is 0 Å². The van der Waals surface area contributed by atoms with Gasteiger partial charge in [0.15, 0.2) is 0 Å². The Morgan fingerprint density at radius 1 is 1.50 bits per heavy atom. The van der Waals surface area contributed by atoms with E-state index < -0.39 is 0 Å². The summed E-state index contributed by atoms with van der Waals surface area (Å²) in [5.41, 5.74) is 5.36. The summed E-state index contributed by atoms with van der Waals surface area (Å²) in [6.45, 7) is 5.83. The minimum atomic E-state index is -0.178. The fourth-order valence-corrected chi connectivity index (χ4v) is 0.926. The topological polar surface area (TPSA) is 67.2 Å². The zero-order valence-electron chi connectivity index (χ0n) is 7.85. The Balaban J connectivity index is 2.21. The zero-order chi connectivity index (χ0) is 9.35. The first-order valence-electron chi connectivity index (χ1n) is 4.23. The molecule has 0 spiro atoms. The van der Waals surface area contributed by atoms with Gasteiger partial charge in [0.25, 0.3) is 0 Å². The summed E-state index contributed by atoms with van der Waals surface area (Å²) in [4.78, 5) is 11.2. The van der Waals surface area contributed by atoms with Crippen LogP contribution in [0.4, 0.5) is 4.79 Å². The normalized spacial score (nSPS) is 28.0. The summed E-state index contributed by atoms with van der Waals surface area (Å²) in [6, 6.07) is 0.225. The van der Waals surface area contributed by atoms with Crippen molar-refractivity contribution in [3.05, 3.63) is 0 Å². The van der Waals surface area contributed by atoms with E-state index in [0.29, 0.717) is 0 Å². The van der Waals surface area contributed by atoms with Gasteiger partial charge in [-0.2, -0.15) is 0 Å². The number of nitrogens with one attached hydrogen (secondary N) is 2. The average Bonchev–Trinajstić information content (AvgIpc) is 2.40.